The van der Waals surface area contributed by atoms with E-state index in [9.17, 15) is 4.39 Å². The summed E-state index contributed by atoms with van der Waals surface area (Å²) in [4.78, 5) is 3.80. The fraction of sp³-hybridized carbons (Fsp3) is 0.214. The normalized spacial score (nSPS) is 10.7. The lowest BCUT2D eigenvalue weighted by atomic mass is 10.0. The van der Waals surface area contributed by atoms with Gasteiger partial charge in [-0.2, -0.15) is 0 Å². The summed E-state index contributed by atoms with van der Waals surface area (Å²) in [5, 5.41) is 0.245. The van der Waals surface area contributed by atoms with E-state index in [1.807, 2.05) is 12.1 Å². The lowest BCUT2D eigenvalue weighted by Gasteiger charge is -2.08. The van der Waals surface area contributed by atoms with Crippen molar-refractivity contribution in [3.05, 3.63) is 52.9 Å². The monoisotopic (exact) mass is 265 g/mol. The van der Waals surface area contributed by atoms with Gasteiger partial charge in [-0.1, -0.05) is 37.6 Å². The minimum atomic E-state index is -0.574. The zero-order chi connectivity index (χ0) is 13.1. The second kappa shape index (κ2) is 5.36. The van der Waals surface area contributed by atoms with E-state index in [-0.39, 0.29) is 10.9 Å². The van der Waals surface area contributed by atoms with Crippen molar-refractivity contribution in [3.8, 4) is 11.6 Å². The maximum Gasteiger partial charge on any atom is 0.255 e. The van der Waals surface area contributed by atoms with Crippen LogP contribution in [0.1, 0.15) is 25.3 Å². The van der Waals surface area contributed by atoms with Gasteiger partial charge in [0.2, 0.25) is 0 Å². The molecule has 94 valence electrons. The third-order valence-corrected chi connectivity index (χ3v) is 2.74. The third-order valence-electron chi connectivity index (χ3n) is 2.54. The molecule has 18 heavy (non-hydrogen) atoms. The Morgan fingerprint density at radius 3 is 2.44 bits per heavy atom. The number of pyridine rings is 1. The van der Waals surface area contributed by atoms with E-state index in [0.717, 1.165) is 0 Å². The summed E-state index contributed by atoms with van der Waals surface area (Å²) in [7, 11) is 0. The van der Waals surface area contributed by atoms with Crippen LogP contribution in [0.25, 0.3) is 0 Å². The van der Waals surface area contributed by atoms with Crippen LogP contribution in [0.4, 0.5) is 4.39 Å². The van der Waals surface area contributed by atoms with Crippen molar-refractivity contribution in [3.63, 3.8) is 0 Å². The summed E-state index contributed by atoms with van der Waals surface area (Å²) in [5.74, 6) is 0.352. The molecule has 0 bridgehead atoms. The van der Waals surface area contributed by atoms with Gasteiger partial charge in [0.25, 0.3) is 5.88 Å². The number of benzene rings is 1. The molecule has 0 radical (unpaired) electrons. The Morgan fingerprint density at radius 2 is 1.89 bits per heavy atom. The number of aromatic nitrogens is 1. The molecule has 0 spiro atoms. The van der Waals surface area contributed by atoms with Crippen LogP contribution in [-0.4, -0.2) is 4.98 Å². The van der Waals surface area contributed by atoms with Gasteiger partial charge in [0.1, 0.15) is 5.75 Å². The molecule has 2 nitrogen and oxygen atoms in total. The number of rotatable bonds is 3. The van der Waals surface area contributed by atoms with Crippen molar-refractivity contribution >= 4 is 11.6 Å². The fourth-order valence-electron chi connectivity index (χ4n) is 1.51. The number of hydrogen-bond donors (Lipinski definition) is 0. The molecule has 0 aliphatic carbocycles. The van der Waals surface area contributed by atoms with E-state index in [0.29, 0.717) is 11.7 Å². The Balaban J connectivity index is 2.18. The molecule has 1 aromatic carbocycles. The SMILES string of the molecule is CC(C)c1ccc(Oc2ncc(Cl)cc2F)cc1. The maximum absolute atomic E-state index is 13.5. The zero-order valence-electron chi connectivity index (χ0n) is 10.2. The van der Waals surface area contributed by atoms with Crippen LogP contribution >= 0.6 is 11.6 Å². The molecule has 0 atom stereocenters. The van der Waals surface area contributed by atoms with E-state index in [1.54, 1.807) is 12.1 Å². The third kappa shape index (κ3) is 2.99. The summed E-state index contributed by atoms with van der Waals surface area (Å²) in [6, 6.07) is 8.67. The number of halogens is 2. The van der Waals surface area contributed by atoms with Gasteiger partial charge >= 0.3 is 0 Å². The molecule has 0 unspecified atom stereocenters. The molecule has 1 heterocycles. The van der Waals surface area contributed by atoms with Crippen molar-refractivity contribution in [2.24, 2.45) is 0 Å². The van der Waals surface area contributed by atoms with E-state index in [4.69, 9.17) is 16.3 Å². The van der Waals surface area contributed by atoms with E-state index < -0.39 is 5.82 Å². The van der Waals surface area contributed by atoms with Crippen molar-refractivity contribution < 1.29 is 9.13 Å². The Hall–Kier alpha value is -1.61. The average Bonchev–Trinajstić information content (AvgIpc) is 2.33. The zero-order valence-corrected chi connectivity index (χ0v) is 10.9. The first-order chi connectivity index (χ1) is 8.56. The predicted molar refractivity (Wildman–Crippen MR) is 69.8 cm³/mol. The number of hydrogen-bond acceptors (Lipinski definition) is 2. The van der Waals surface area contributed by atoms with E-state index >= 15 is 0 Å². The summed E-state index contributed by atoms with van der Waals surface area (Å²) < 4.78 is 18.8. The van der Waals surface area contributed by atoms with Gasteiger partial charge in [-0.25, -0.2) is 9.37 Å². The summed E-state index contributed by atoms with van der Waals surface area (Å²) in [5.41, 5.74) is 1.20. The van der Waals surface area contributed by atoms with E-state index in [1.165, 1.54) is 17.8 Å². The Labute approximate surface area is 110 Å². The minimum Gasteiger partial charge on any atom is -0.436 e. The van der Waals surface area contributed by atoms with Crippen LogP contribution in [0.3, 0.4) is 0 Å². The van der Waals surface area contributed by atoms with Crippen molar-refractivity contribution in [2.75, 3.05) is 0 Å². The van der Waals surface area contributed by atoms with Gasteiger partial charge in [-0.3, -0.25) is 0 Å². The van der Waals surface area contributed by atoms with Crippen molar-refractivity contribution in [1.29, 1.82) is 0 Å². The average molecular weight is 266 g/mol. The van der Waals surface area contributed by atoms with E-state index in [2.05, 4.69) is 18.8 Å². The molecular weight excluding hydrogens is 253 g/mol. The maximum atomic E-state index is 13.5. The Morgan fingerprint density at radius 1 is 1.22 bits per heavy atom. The highest BCUT2D eigenvalue weighted by Crippen LogP contribution is 2.25. The van der Waals surface area contributed by atoms with Crippen LogP contribution < -0.4 is 4.74 Å². The molecule has 0 saturated heterocycles. The van der Waals surface area contributed by atoms with Gasteiger partial charge in [0.05, 0.1) is 5.02 Å². The molecule has 0 aliphatic heterocycles. The van der Waals surface area contributed by atoms with Crippen molar-refractivity contribution in [2.45, 2.75) is 19.8 Å². The summed E-state index contributed by atoms with van der Waals surface area (Å²) >= 11 is 5.62. The lowest BCUT2D eigenvalue weighted by molar-refractivity contribution is 0.422. The molecule has 2 rings (SSSR count). The lowest BCUT2D eigenvalue weighted by Crippen LogP contribution is -1.92. The van der Waals surface area contributed by atoms with Crippen LogP contribution in [0.2, 0.25) is 5.02 Å². The van der Waals surface area contributed by atoms with Crippen LogP contribution in [0, 0.1) is 5.82 Å². The van der Waals surface area contributed by atoms with Crippen LogP contribution in [-0.2, 0) is 0 Å². The summed E-state index contributed by atoms with van der Waals surface area (Å²) in [6.07, 6.45) is 1.35. The molecule has 0 N–H and O–H groups in total. The highest BCUT2D eigenvalue weighted by Gasteiger charge is 2.07. The first kappa shape index (κ1) is 12.8. The largest absolute Gasteiger partial charge is 0.436 e. The minimum absolute atomic E-state index is 0.0725. The fourth-order valence-corrected chi connectivity index (χ4v) is 1.65. The van der Waals surface area contributed by atoms with Gasteiger partial charge < -0.3 is 4.74 Å². The van der Waals surface area contributed by atoms with Gasteiger partial charge in [-0.15, -0.1) is 0 Å². The molecule has 1 aromatic heterocycles. The topological polar surface area (TPSA) is 22.1 Å². The van der Waals surface area contributed by atoms with Crippen LogP contribution in [0.5, 0.6) is 11.6 Å². The number of ether oxygens (including phenoxy) is 1. The van der Waals surface area contributed by atoms with Crippen molar-refractivity contribution in [1.82, 2.24) is 4.98 Å². The number of nitrogens with zero attached hydrogens (tertiary/aromatic N) is 1. The second-order valence-corrected chi connectivity index (χ2v) is 4.70. The van der Waals surface area contributed by atoms with Gasteiger partial charge in [0.15, 0.2) is 5.82 Å². The first-order valence-electron chi connectivity index (χ1n) is 5.65. The quantitative estimate of drug-likeness (QED) is 0.796. The highest BCUT2D eigenvalue weighted by atomic mass is 35.5. The molecule has 2 aromatic rings. The molecule has 4 heteroatoms. The molecule has 0 aliphatic rings. The molecule has 0 amide bonds. The Kier molecular flexibility index (Phi) is 3.82. The highest BCUT2D eigenvalue weighted by molar-refractivity contribution is 6.30. The standard InChI is InChI=1S/C14H13ClFNO/c1-9(2)10-3-5-12(6-4-10)18-14-13(16)7-11(15)8-17-14/h3-9H,1-2H3. The molecular formula is C14H13ClFNO. The predicted octanol–water partition coefficient (Wildman–Crippen LogP) is 4.79. The Bertz CT molecular complexity index is 540. The smallest absolute Gasteiger partial charge is 0.255 e. The second-order valence-electron chi connectivity index (χ2n) is 4.27. The molecule has 0 fully saturated rings. The first-order valence-corrected chi connectivity index (χ1v) is 6.03. The van der Waals surface area contributed by atoms with Gasteiger partial charge in [0, 0.05) is 6.20 Å². The van der Waals surface area contributed by atoms with Gasteiger partial charge in [-0.05, 0) is 29.7 Å². The summed E-state index contributed by atoms with van der Waals surface area (Å²) in [6.45, 7) is 4.21. The van der Waals surface area contributed by atoms with Crippen LogP contribution in [0.15, 0.2) is 36.5 Å². The molecule has 0 saturated carbocycles.